The van der Waals surface area contributed by atoms with E-state index in [2.05, 4.69) is 10.5 Å². The molecular weight excluding hydrogens is 493 g/mol. The normalized spacial score (nSPS) is 17.4. The number of halogens is 4. The zero-order valence-electron chi connectivity index (χ0n) is 20.0. The molecule has 1 saturated carbocycles. The Kier molecular flexibility index (Phi) is 8.57. The molecule has 2 N–H and O–H groups in total. The number of benzene rings is 2. The third kappa shape index (κ3) is 6.59. The first-order chi connectivity index (χ1) is 17.2. The third-order valence-corrected chi connectivity index (χ3v) is 7.27. The maximum absolute atomic E-state index is 13.8. The van der Waals surface area contributed by atoms with Gasteiger partial charge in [0.15, 0.2) is 0 Å². The van der Waals surface area contributed by atoms with Crippen molar-refractivity contribution in [1.82, 2.24) is 5.32 Å². The van der Waals surface area contributed by atoms with E-state index < -0.39 is 17.7 Å². The predicted molar refractivity (Wildman–Crippen MR) is 132 cm³/mol. The van der Waals surface area contributed by atoms with Crippen molar-refractivity contribution in [3.63, 3.8) is 0 Å². The summed E-state index contributed by atoms with van der Waals surface area (Å²) >= 11 is 6.42. The zero-order valence-corrected chi connectivity index (χ0v) is 20.7. The van der Waals surface area contributed by atoms with Crippen LogP contribution in [0.1, 0.15) is 84.2 Å². The van der Waals surface area contributed by atoms with Gasteiger partial charge in [-0.1, -0.05) is 54.2 Å². The van der Waals surface area contributed by atoms with Gasteiger partial charge in [-0.3, -0.25) is 4.79 Å². The summed E-state index contributed by atoms with van der Waals surface area (Å²) in [5.41, 5.74) is 3.79. The number of hydrogen-bond donors (Lipinski definition) is 2. The topological polar surface area (TPSA) is 70.9 Å². The van der Waals surface area contributed by atoms with E-state index in [0.29, 0.717) is 41.4 Å². The summed E-state index contributed by atoms with van der Waals surface area (Å²) in [5.74, 6) is -0.902. The van der Waals surface area contributed by atoms with Gasteiger partial charge >= 0.3 is 12.1 Å². The molecular formula is C27H30ClF3N2O3. The molecule has 5 nitrogen and oxygen atoms in total. The Morgan fingerprint density at radius 3 is 2.64 bits per heavy atom. The number of rotatable bonds is 9. The molecule has 1 fully saturated rings. The van der Waals surface area contributed by atoms with Gasteiger partial charge in [-0.2, -0.15) is 13.2 Å². The summed E-state index contributed by atoms with van der Waals surface area (Å²) in [5, 5.41) is 16.6. The van der Waals surface area contributed by atoms with E-state index in [1.54, 1.807) is 12.1 Å². The summed E-state index contributed by atoms with van der Waals surface area (Å²) in [6, 6.07) is 8.32. The Labute approximate surface area is 213 Å². The molecule has 0 amide bonds. The largest absolute Gasteiger partial charge is 0.481 e. The number of carboxylic acids is 1. The van der Waals surface area contributed by atoms with E-state index in [-0.39, 0.29) is 18.9 Å². The molecule has 9 heteroatoms. The number of fused-ring (bicyclic) bond motifs is 1. The lowest BCUT2D eigenvalue weighted by Gasteiger charge is -2.25. The molecule has 0 heterocycles. The molecule has 0 spiro atoms. The van der Waals surface area contributed by atoms with E-state index in [4.69, 9.17) is 21.5 Å². The van der Waals surface area contributed by atoms with E-state index in [1.165, 1.54) is 6.07 Å². The lowest BCUT2D eigenvalue weighted by Crippen LogP contribution is -2.18. The number of nitrogens with zero attached hydrogens (tertiary/aromatic N) is 1. The predicted octanol–water partition coefficient (Wildman–Crippen LogP) is 6.84. The van der Waals surface area contributed by atoms with Crippen LogP contribution >= 0.6 is 11.6 Å². The highest BCUT2D eigenvalue weighted by molar-refractivity contribution is 6.32. The van der Waals surface area contributed by atoms with Gasteiger partial charge in [-0.25, -0.2) is 0 Å². The lowest BCUT2D eigenvalue weighted by molar-refractivity contribution is -0.139. The monoisotopic (exact) mass is 522 g/mol. The van der Waals surface area contributed by atoms with Crippen LogP contribution in [0.3, 0.4) is 0 Å². The van der Waals surface area contributed by atoms with Crippen LogP contribution in [0.5, 0.6) is 0 Å². The number of hydrogen-bond acceptors (Lipinski definition) is 4. The maximum Gasteiger partial charge on any atom is 0.416 e. The van der Waals surface area contributed by atoms with E-state index in [0.717, 1.165) is 55.2 Å². The maximum atomic E-state index is 13.8. The number of aliphatic carboxylic acids is 1. The van der Waals surface area contributed by atoms with Crippen molar-refractivity contribution < 1.29 is 27.9 Å². The number of nitrogens with one attached hydrogen (secondary N) is 1. The molecule has 0 aromatic heterocycles. The molecule has 2 aliphatic carbocycles. The van der Waals surface area contributed by atoms with Crippen LogP contribution in [0.4, 0.5) is 13.2 Å². The van der Waals surface area contributed by atoms with Gasteiger partial charge in [-0.05, 0) is 66.0 Å². The fourth-order valence-corrected chi connectivity index (χ4v) is 5.30. The molecule has 2 aromatic carbocycles. The molecule has 2 aromatic rings. The fourth-order valence-electron chi connectivity index (χ4n) is 5.07. The van der Waals surface area contributed by atoms with Crippen molar-refractivity contribution in [1.29, 1.82) is 0 Å². The molecule has 0 saturated heterocycles. The first kappa shape index (κ1) is 26.5. The van der Waals surface area contributed by atoms with E-state index in [1.807, 2.05) is 12.1 Å². The first-order valence-corrected chi connectivity index (χ1v) is 12.7. The minimum atomic E-state index is -4.41. The molecule has 2 aliphatic rings. The quantitative estimate of drug-likeness (QED) is 0.279. The average molecular weight is 523 g/mol. The summed E-state index contributed by atoms with van der Waals surface area (Å²) in [6.45, 7) is 0.758. The summed E-state index contributed by atoms with van der Waals surface area (Å²) in [7, 11) is 0. The van der Waals surface area contributed by atoms with Gasteiger partial charge in [0.25, 0.3) is 0 Å². The number of carbonyl (C=O) groups is 1. The van der Waals surface area contributed by atoms with Crippen molar-refractivity contribution in [3.8, 4) is 0 Å². The van der Waals surface area contributed by atoms with Crippen molar-refractivity contribution in [2.45, 2.75) is 76.6 Å². The molecule has 0 atom stereocenters. The van der Waals surface area contributed by atoms with Crippen LogP contribution in [-0.2, 0) is 35.4 Å². The van der Waals surface area contributed by atoms with Crippen molar-refractivity contribution in [2.75, 3.05) is 6.54 Å². The Morgan fingerprint density at radius 1 is 1.14 bits per heavy atom. The van der Waals surface area contributed by atoms with Crippen LogP contribution in [0.2, 0.25) is 5.02 Å². The third-order valence-electron chi connectivity index (χ3n) is 6.92. The van der Waals surface area contributed by atoms with Gasteiger partial charge in [-0.15, -0.1) is 0 Å². The molecule has 4 rings (SSSR count). The van der Waals surface area contributed by atoms with E-state index >= 15 is 0 Å². The Bertz CT molecular complexity index is 1130. The summed E-state index contributed by atoms with van der Waals surface area (Å²) < 4.78 is 41.4. The molecule has 0 radical (unpaired) electrons. The molecule has 194 valence electrons. The fraction of sp³-hybridized carbons (Fsp3) is 0.481. The van der Waals surface area contributed by atoms with Crippen molar-refractivity contribution in [3.05, 3.63) is 68.7 Å². The number of carboxylic acid groups (broad SMARTS) is 1. The van der Waals surface area contributed by atoms with Crippen LogP contribution in [0.25, 0.3) is 0 Å². The summed E-state index contributed by atoms with van der Waals surface area (Å²) in [6.07, 6.45) is 1.66. The van der Waals surface area contributed by atoms with Gasteiger partial charge in [0.2, 0.25) is 0 Å². The second-order valence-electron chi connectivity index (χ2n) is 9.49. The van der Waals surface area contributed by atoms with Gasteiger partial charge in [0.1, 0.15) is 6.61 Å². The first-order valence-electron chi connectivity index (χ1n) is 12.4. The Hall–Kier alpha value is -2.58. The number of alkyl halides is 3. The lowest BCUT2D eigenvalue weighted by atomic mass is 9.81. The van der Waals surface area contributed by atoms with Crippen molar-refractivity contribution in [2.24, 2.45) is 5.16 Å². The highest BCUT2D eigenvalue weighted by atomic mass is 35.5. The standard InChI is InChI=1S/C27H30ClF3N2O3/c28-24-14-22-19(13-20(24)15-32-11-10-26(34)35)7-9-25(22)33-36-16-17-6-8-21(18-4-2-1-3-5-18)23(12-17)27(29,30)31/h6,8,12-14,18,32H,1-5,7,9-11,15-16H2,(H,34,35)/b33-25+. The smallest absolute Gasteiger partial charge is 0.416 e. The minimum Gasteiger partial charge on any atom is -0.481 e. The highest BCUT2D eigenvalue weighted by Gasteiger charge is 2.35. The van der Waals surface area contributed by atoms with Gasteiger partial charge < -0.3 is 15.3 Å². The molecule has 0 bridgehead atoms. The highest BCUT2D eigenvalue weighted by Crippen LogP contribution is 2.41. The van der Waals surface area contributed by atoms with E-state index in [9.17, 15) is 18.0 Å². The second-order valence-corrected chi connectivity index (χ2v) is 9.89. The van der Waals surface area contributed by atoms with Crippen LogP contribution in [0, 0.1) is 0 Å². The molecule has 0 aliphatic heterocycles. The number of aryl methyl sites for hydroxylation is 1. The molecule has 0 unspecified atom stereocenters. The Balaban J connectivity index is 1.42. The van der Waals surface area contributed by atoms with Crippen LogP contribution < -0.4 is 5.32 Å². The average Bonchev–Trinajstić information content (AvgIpc) is 3.23. The van der Waals surface area contributed by atoms with Gasteiger partial charge in [0.05, 0.1) is 17.7 Å². The van der Waals surface area contributed by atoms with Crippen molar-refractivity contribution >= 4 is 23.3 Å². The van der Waals surface area contributed by atoms with Crippen LogP contribution in [0.15, 0.2) is 35.5 Å². The number of oxime groups is 1. The second kappa shape index (κ2) is 11.6. The molecule has 36 heavy (non-hydrogen) atoms. The van der Waals surface area contributed by atoms with Crippen LogP contribution in [-0.4, -0.2) is 23.3 Å². The SMILES string of the molecule is O=C(O)CCNCc1cc2c(cc1Cl)/C(=N/OCc1ccc(C3CCCCC3)c(C(F)(F)F)c1)CC2. The van der Waals surface area contributed by atoms with Gasteiger partial charge in [0, 0.05) is 23.7 Å². The zero-order chi connectivity index (χ0) is 25.7. The minimum absolute atomic E-state index is 0.0322. The summed E-state index contributed by atoms with van der Waals surface area (Å²) in [4.78, 5) is 16.1. The Morgan fingerprint density at radius 2 is 1.92 bits per heavy atom.